The summed E-state index contributed by atoms with van der Waals surface area (Å²) in [4.78, 5) is 25.6. The molecule has 0 aliphatic carbocycles. The number of nitrogens with one attached hydrogen (secondary N) is 2. The minimum absolute atomic E-state index is 0.0251. The van der Waals surface area contributed by atoms with Crippen LogP contribution in [0.1, 0.15) is 12.8 Å². The van der Waals surface area contributed by atoms with Crippen LogP contribution in [0.15, 0.2) is 48.8 Å². The van der Waals surface area contributed by atoms with Crippen LogP contribution in [-0.2, 0) is 4.74 Å². The van der Waals surface area contributed by atoms with Crippen molar-refractivity contribution in [3.05, 3.63) is 59.6 Å². The molecular weight excluding hydrogens is 545 g/mol. The largest absolute Gasteiger partial charge is 0.378 e. The summed E-state index contributed by atoms with van der Waals surface area (Å²) < 4.78 is 19.2. The molecule has 3 aromatic heterocycles. The molecule has 0 saturated carbocycles. The van der Waals surface area contributed by atoms with Gasteiger partial charge in [0, 0.05) is 43.3 Å². The van der Waals surface area contributed by atoms with Gasteiger partial charge in [-0.3, -0.25) is 0 Å². The van der Waals surface area contributed by atoms with Crippen LogP contribution in [0, 0.1) is 5.82 Å². The standard InChI is InChI=1S/C29H33ClFN9O/c1-38(2)20-7-9-39(10-8-20)21-4-6-26(32-17-21)36-27-16-22-25(18-33-27)35-29(34-19-3-5-24(31)23(30)15-19)37-28(22)40-11-13-41-14-12-40/h3-6,15-18,20H,7-14H2,1-2H3,(H,32,33,36)(H,34,35,37). The number of rotatable bonds is 7. The molecule has 4 aromatic rings. The molecule has 5 heterocycles. The third-order valence-corrected chi connectivity index (χ3v) is 7.90. The van der Waals surface area contributed by atoms with E-state index in [9.17, 15) is 4.39 Å². The molecule has 10 nitrogen and oxygen atoms in total. The summed E-state index contributed by atoms with van der Waals surface area (Å²) in [6.45, 7) is 4.68. The lowest BCUT2D eigenvalue weighted by molar-refractivity contribution is 0.122. The number of fused-ring (bicyclic) bond motifs is 1. The first-order chi connectivity index (χ1) is 19.9. The Bertz CT molecular complexity index is 1510. The number of hydrogen-bond donors (Lipinski definition) is 2. The molecule has 0 spiro atoms. The molecule has 214 valence electrons. The van der Waals surface area contributed by atoms with Crippen LogP contribution in [0.25, 0.3) is 10.9 Å². The van der Waals surface area contributed by atoms with Gasteiger partial charge in [-0.1, -0.05) is 11.6 Å². The molecule has 6 rings (SSSR count). The summed E-state index contributed by atoms with van der Waals surface area (Å²) in [6, 6.07) is 11.1. The average molecular weight is 578 g/mol. The van der Waals surface area contributed by atoms with E-state index in [2.05, 4.69) is 60.4 Å². The summed E-state index contributed by atoms with van der Waals surface area (Å²) in [7, 11) is 4.30. The van der Waals surface area contributed by atoms with E-state index in [4.69, 9.17) is 21.3 Å². The van der Waals surface area contributed by atoms with E-state index in [0.717, 1.165) is 42.8 Å². The van der Waals surface area contributed by atoms with Crippen molar-refractivity contribution in [2.45, 2.75) is 18.9 Å². The number of benzene rings is 1. The summed E-state index contributed by atoms with van der Waals surface area (Å²) >= 11 is 5.97. The lowest BCUT2D eigenvalue weighted by Crippen LogP contribution is -2.42. The molecule has 2 aliphatic heterocycles. The third kappa shape index (κ3) is 6.27. The summed E-state index contributed by atoms with van der Waals surface area (Å²) in [5, 5.41) is 7.36. The zero-order valence-corrected chi connectivity index (χ0v) is 23.9. The molecule has 1 aromatic carbocycles. The Balaban J connectivity index is 1.23. The Labute approximate surface area is 243 Å². The highest BCUT2D eigenvalue weighted by Gasteiger charge is 2.21. The molecule has 2 aliphatic rings. The minimum atomic E-state index is -0.483. The molecule has 0 amide bonds. The van der Waals surface area contributed by atoms with Gasteiger partial charge < -0.3 is 30.1 Å². The van der Waals surface area contributed by atoms with Gasteiger partial charge in [-0.25, -0.2) is 19.3 Å². The fraction of sp³-hybridized carbons (Fsp3) is 0.379. The molecule has 2 N–H and O–H groups in total. The van der Waals surface area contributed by atoms with Gasteiger partial charge in [0.05, 0.1) is 41.8 Å². The van der Waals surface area contributed by atoms with Crippen LogP contribution in [0.2, 0.25) is 5.02 Å². The van der Waals surface area contributed by atoms with Gasteiger partial charge in [0.25, 0.3) is 0 Å². The highest BCUT2D eigenvalue weighted by Crippen LogP contribution is 2.30. The number of anilines is 6. The van der Waals surface area contributed by atoms with E-state index in [-0.39, 0.29) is 5.02 Å². The van der Waals surface area contributed by atoms with Crippen LogP contribution >= 0.6 is 11.6 Å². The van der Waals surface area contributed by atoms with Gasteiger partial charge in [-0.05, 0) is 63.3 Å². The second-order valence-corrected chi connectivity index (χ2v) is 10.9. The van der Waals surface area contributed by atoms with Crippen molar-refractivity contribution in [2.24, 2.45) is 0 Å². The number of nitrogens with zero attached hydrogens (tertiary/aromatic N) is 7. The monoisotopic (exact) mass is 577 g/mol. The van der Waals surface area contributed by atoms with Gasteiger partial charge in [-0.15, -0.1) is 0 Å². The van der Waals surface area contributed by atoms with E-state index in [0.29, 0.717) is 61.1 Å². The van der Waals surface area contributed by atoms with Crippen molar-refractivity contribution >= 4 is 57.3 Å². The van der Waals surface area contributed by atoms with Crippen LogP contribution in [0.3, 0.4) is 0 Å². The minimum Gasteiger partial charge on any atom is -0.378 e. The molecule has 2 saturated heterocycles. The van der Waals surface area contributed by atoms with E-state index in [1.807, 2.05) is 18.3 Å². The number of pyridine rings is 2. The zero-order valence-electron chi connectivity index (χ0n) is 23.1. The molecule has 0 unspecified atom stereocenters. The van der Waals surface area contributed by atoms with Gasteiger partial charge >= 0.3 is 0 Å². The number of morpholine rings is 1. The number of hydrogen-bond acceptors (Lipinski definition) is 10. The second kappa shape index (κ2) is 12.0. The Hall–Kier alpha value is -3.80. The number of aromatic nitrogens is 4. The molecular formula is C29H33ClFN9O. The molecule has 0 radical (unpaired) electrons. The molecule has 0 bridgehead atoms. The highest BCUT2D eigenvalue weighted by atomic mass is 35.5. The number of ether oxygens (including phenoxy) is 1. The van der Waals surface area contributed by atoms with Crippen LogP contribution < -0.4 is 20.4 Å². The fourth-order valence-corrected chi connectivity index (χ4v) is 5.46. The van der Waals surface area contributed by atoms with Crippen molar-refractivity contribution < 1.29 is 9.13 Å². The molecule has 2 fully saturated rings. The molecule has 12 heteroatoms. The van der Waals surface area contributed by atoms with E-state index in [1.54, 1.807) is 12.3 Å². The SMILES string of the molecule is CN(C)C1CCN(c2ccc(Nc3cc4c(N5CCOCC5)nc(Nc5ccc(F)c(Cl)c5)nc4cn3)nc2)CC1. The van der Waals surface area contributed by atoms with E-state index >= 15 is 0 Å². The smallest absolute Gasteiger partial charge is 0.229 e. The highest BCUT2D eigenvalue weighted by molar-refractivity contribution is 6.31. The Kier molecular flexibility index (Phi) is 8.00. The fourth-order valence-electron chi connectivity index (χ4n) is 5.28. The average Bonchev–Trinajstić information content (AvgIpc) is 3.00. The quantitative estimate of drug-likeness (QED) is 0.310. The maximum Gasteiger partial charge on any atom is 0.229 e. The van der Waals surface area contributed by atoms with Crippen LogP contribution in [0.4, 0.5) is 39.2 Å². The predicted molar refractivity (Wildman–Crippen MR) is 161 cm³/mol. The molecule has 41 heavy (non-hydrogen) atoms. The topological polar surface area (TPSA) is 94.6 Å². The van der Waals surface area contributed by atoms with Crippen LogP contribution in [-0.4, -0.2) is 84.4 Å². The lowest BCUT2D eigenvalue weighted by atomic mass is 10.0. The Morgan fingerprint density at radius 1 is 0.902 bits per heavy atom. The molecule has 0 atom stereocenters. The van der Waals surface area contributed by atoms with Gasteiger partial charge in [0.15, 0.2) is 0 Å². The van der Waals surface area contributed by atoms with E-state index < -0.39 is 5.82 Å². The maximum absolute atomic E-state index is 13.7. The second-order valence-electron chi connectivity index (χ2n) is 10.5. The Morgan fingerprint density at radius 2 is 1.68 bits per heavy atom. The van der Waals surface area contributed by atoms with Crippen molar-refractivity contribution in [3.8, 4) is 0 Å². The summed E-state index contributed by atoms with van der Waals surface area (Å²) in [5.74, 6) is 2.02. The lowest BCUT2D eigenvalue weighted by Gasteiger charge is -2.36. The normalized spacial score (nSPS) is 16.4. The van der Waals surface area contributed by atoms with Gasteiger partial charge in [-0.2, -0.15) is 4.98 Å². The zero-order chi connectivity index (χ0) is 28.3. The van der Waals surface area contributed by atoms with E-state index in [1.165, 1.54) is 12.1 Å². The van der Waals surface area contributed by atoms with Crippen molar-refractivity contribution in [2.75, 3.05) is 73.9 Å². The number of halogens is 2. The third-order valence-electron chi connectivity index (χ3n) is 7.61. The van der Waals surface area contributed by atoms with Crippen molar-refractivity contribution in [1.29, 1.82) is 0 Å². The first kappa shape index (κ1) is 27.4. The van der Waals surface area contributed by atoms with Crippen molar-refractivity contribution in [1.82, 2.24) is 24.8 Å². The number of piperidine rings is 1. The maximum atomic E-state index is 13.7. The van der Waals surface area contributed by atoms with Gasteiger partial charge in [0.2, 0.25) is 5.95 Å². The summed E-state index contributed by atoms with van der Waals surface area (Å²) in [6.07, 6.45) is 5.93. The first-order valence-electron chi connectivity index (χ1n) is 13.8. The first-order valence-corrected chi connectivity index (χ1v) is 14.2. The van der Waals surface area contributed by atoms with Crippen molar-refractivity contribution in [3.63, 3.8) is 0 Å². The Morgan fingerprint density at radius 3 is 2.39 bits per heavy atom. The van der Waals surface area contributed by atoms with Crippen LogP contribution in [0.5, 0.6) is 0 Å². The summed E-state index contributed by atoms with van der Waals surface area (Å²) in [5.41, 5.74) is 2.39. The van der Waals surface area contributed by atoms with Gasteiger partial charge in [0.1, 0.15) is 23.3 Å². The predicted octanol–water partition coefficient (Wildman–Crippen LogP) is 5.07.